The SMILES string of the molecule is CC(C)(O)c1csc(-c2ccc3c(c2)CCO3)n1. The second-order valence-corrected chi connectivity index (χ2v) is 5.88. The molecule has 0 atom stereocenters. The molecule has 3 rings (SSSR count). The second-order valence-electron chi connectivity index (χ2n) is 5.02. The largest absolute Gasteiger partial charge is 0.493 e. The molecular formula is C14H15NO2S. The molecule has 0 aliphatic carbocycles. The minimum atomic E-state index is -0.880. The van der Waals surface area contributed by atoms with Gasteiger partial charge in [-0.1, -0.05) is 0 Å². The van der Waals surface area contributed by atoms with Crippen molar-refractivity contribution in [3.63, 3.8) is 0 Å². The van der Waals surface area contributed by atoms with Crippen LogP contribution in [-0.4, -0.2) is 16.7 Å². The van der Waals surface area contributed by atoms with Crippen molar-refractivity contribution in [1.29, 1.82) is 0 Å². The van der Waals surface area contributed by atoms with Crippen LogP contribution >= 0.6 is 11.3 Å². The van der Waals surface area contributed by atoms with Gasteiger partial charge in [-0.25, -0.2) is 4.98 Å². The summed E-state index contributed by atoms with van der Waals surface area (Å²) in [4.78, 5) is 4.50. The lowest BCUT2D eigenvalue weighted by Crippen LogP contribution is -2.15. The van der Waals surface area contributed by atoms with Crippen LogP contribution in [0, 0.1) is 0 Å². The van der Waals surface area contributed by atoms with Gasteiger partial charge in [0, 0.05) is 17.4 Å². The van der Waals surface area contributed by atoms with Crippen LogP contribution in [-0.2, 0) is 12.0 Å². The predicted octanol–water partition coefficient (Wildman–Crippen LogP) is 2.97. The Morgan fingerprint density at radius 3 is 2.94 bits per heavy atom. The van der Waals surface area contributed by atoms with Crippen molar-refractivity contribution >= 4 is 11.3 Å². The Kier molecular flexibility index (Phi) is 2.64. The van der Waals surface area contributed by atoms with Gasteiger partial charge in [-0.3, -0.25) is 0 Å². The molecule has 2 aromatic rings. The third-order valence-corrected chi connectivity index (χ3v) is 3.96. The summed E-state index contributed by atoms with van der Waals surface area (Å²) < 4.78 is 5.49. The quantitative estimate of drug-likeness (QED) is 0.903. The third-order valence-electron chi connectivity index (χ3n) is 3.07. The molecule has 94 valence electrons. The van der Waals surface area contributed by atoms with Gasteiger partial charge >= 0.3 is 0 Å². The smallest absolute Gasteiger partial charge is 0.123 e. The monoisotopic (exact) mass is 261 g/mol. The number of hydrogen-bond donors (Lipinski definition) is 1. The molecule has 0 bridgehead atoms. The van der Waals surface area contributed by atoms with E-state index in [0.717, 1.165) is 35.0 Å². The van der Waals surface area contributed by atoms with Gasteiger partial charge in [-0.05, 0) is 37.6 Å². The zero-order valence-electron chi connectivity index (χ0n) is 10.4. The number of thiazole rings is 1. The first-order valence-corrected chi connectivity index (χ1v) is 6.86. The summed E-state index contributed by atoms with van der Waals surface area (Å²) in [7, 11) is 0. The van der Waals surface area contributed by atoms with Crippen LogP contribution in [0.25, 0.3) is 10.6 Å². The Labute approximate surface area is 110 Å². The van der Waals surface area contributed by atoms with Crippen molar-refractivity contribution in [2.75, 3.05) is 6.61 Å². The molecule has 18 heavy (non-hydrogen) atoms. The van der Waals surface area contributed by atoms with Crippen molar-refractivity contribution < 1.29 is 9.84 Å². The van der Waals surface area contributed by atoms with E-state index in [1.165, 1.54) is 5.56 Å². The molecule has 1 N–H and O–H groups in total. The highest BCUT2D eigenvalue weighted by atomic mass is 32.1. The zero-order chi connectivity index (χ0) is 12.8. The topological polar surface area (TPSA) is 42.4 Å². The lowest BCUT2D eigenvalue weighted by molar-refractivity contribution is 0.0746. The molecule has 0 amide bonds. The Morgan fingerprint density at radius 2 is 2.22 bits per heavy atom. The Morgan fingerprint density at radius 1 is 1.39 bits per heavy atom. The first-order chi connectivity index (χ1) is 8.54. The predicted molar refractivity (Wildman–Crippen MR) is 72.0 cm³/mol. The summed E-state index contributed by atoms with van der Waals surface area (Å²) in [5.74, 6) is 0.984. The Balaban J connectivity index is 1.98. The van der Waals surface area contributed by atoms with E-state index in [2.05, 4.69) is 11.1 Å². The van der Waals surface area contributed by atoms with Crippen molar-refractivity contribution in [3.05, 3.63) is 34.8 Å². The minimum Gasteiger partial charge on any atom is -0.493 e. The van der Waals surface area contributed by atoms with E-state index >= 15 is 0 Å². The van der Waals surface area contributed by atoms with Gasteiger partial charge in [0.2, 0.25) is 0 Å². The van der Waals surface area contributed by atoms with Gasteiger partial charge in [0.15, 0.2) is 0 Å². The first kappa shape index (κ1) is 11.7. The van der Waals surface area contributed by atoms with E-state index < -0.39 is 5.60 Å². The molecule has 0 saturated carbocycles. The van der Waals surface area contributed by atoms with Gasteiger partial charge < -0.3 is 9.84 Å². The molecule has 0 unspecified atom stereocenters. The van der Waals surface area contributed by atoms with Gasteiger partial charge in [0.05, 0.1) is 12.3 Å². The lowest BCUT2D eigenvalue weighted by Gasteiger charge is -2.13. The van der Waals surface area contributed by atoms with Gasteiger partial charge in [0.25, 0.3) is 0 Å². The number of ether oxygens (including phenoxy) is 1. The Hall–Kier alpha value is -1.39. The molecule has 1 aliphatic heterocycles. The average molecular weight is 261 g/mol. The van der Waals surface area contributed by atoms with Crippen LogP contribution in [0.2, 0.25) is 0 Å². The summed E-state index contributed by atoms with van der Waals surface area (Å²) in [6, 6.07) is 6.16. The summed E-state index contributed by atoms with van der Waals surface area (Å²) in [5, 5.41) is 12.8. The van der Waals surface area contributed by atoms with Crippen molar-refractivity contribution in [1.82, 2.24) is 4.98 Å². The number of nitrogens with zero attached hydrogens (tertiary/aromatic N) is 1. The number of aliphatic hydroxyl groups is 1. The molecule has 1 aromatic heterocycles. The number of fused-ring (bicyclic) bond motifs is 1. The molecule has 0 radical (unpaired) electrons. The highest BCUT2D eigenvalue weighted by Crippen LogP contribution is 2.33. The second kappa shape index (κ2) is 4.07. The molecule has 4 heteroatoms. The fourth-order valence-electron chi connectivity index (χ4n) is 2.01. The zero-order valence-corrected chi connectivity index (χ0v) is 11.3. The molecule has 3 nitrogen and oxygen atoms in total. The normalized spacial score (nSPS) is 14.4. The van der Waals surface area contributed by atoms with Gasteiger partial charge in [-0.15, -0.1) is 11.3 Å². The molecule has 1 aliphatic rings. The van der Waals surface area contributed by atoms with Crippen molar-refractivity contribution in [2.45, 2.75) is 25.9 Å². The average Bonchev–Trinajstić information content (AvgIpc) is 2.96. The third kappa shape index (κ3) is 2.02. The van der Waals surface area contributed by atoms with Crippen molar-refractivity contribution in [2.24, 2.45) is 0 Å². The van der Waals surface area contributed by atoms with Crippen LogP contribution in [0.15, 0.2) is 23.6 Å². The molecule has 0 spiro atoms. The minimum absolute atomic E-state index is 0.722. The standard InChI is InChI=1S/C14H15NO2S/c1-14(2,16)12-8-18-13(15-12)10-3-4-11-9(7-10)5-6-17-11/h3-4,7-8,16H,5-6H2,1-2H3. The highest BCUT2D eigenvalue weighted by molar-refractivity contribution is 7.13. The maximum atomic E-state index is 9.93. The summed E-state index contributed by atoms with van der Waals surface area (Å²) in [6.45, 7) is 4.27. The molecule has 2 heterocycles. The lowest BCUT2D eigenvalue weighted by atomic mass is 10.1. The number of rotatable bonds is 2. The van der Waals surface area contributed by atoms with E-state index in [9.17, 15) is 5.11 Å². The van der Waals surface area contributed by atoms with E-state index in [1.54, 1.807) is 25.2 Å². The maximum absolute atomic E-state index is 9.93. The van der Waals surface area contributed by atoms with Crippen LogP contribution in [0.5, 0.6) is 5.75 Å². The van der Waals surface area contributed by atoms with Crippen LogP contribution in [0.4, 0.5) is 0 Å². The van der Waals surface area contributed by atoms with Crippen LogP contribution in [0.1, 0.15) is 25.1 Å². The van der Waals surface area contributed by atoms with Gasteiger partial charge in [-0.2, -0.15) is 0 Å². The fraction of sp³-hybridized carbons (Fsp3) is 0.357. The highest BCUT2D eigenvalue weighted by Gasteiger charge is 2.20. The van der Waals surface area contributed by atoms with Crippen molar-refractivity contribution in [3.8, 4) is 16.3 Å². The fourth-order valence-corrected chi connectivity index (χ4v) is 2.99. The van der Waals surface area contributed by atoms with E-state index in [4.69, 9.17) is 4.74 Å². The first-order valence-electron chi connectivity index (χ1n) is 5.98. The Bertz CT molecular complexity index is 584. The van der Waals surface area contributed by atoms with E-state index in [0.29, 0.717) is 0 Å². The number of aromatic nitrogens is 1. The van der Waals surface area contributed by atoms with Crippen LogP contribution in [0.3, 0.4) is 0 Å². The molecular weight excluding hydrogens is 246 g/mol. The van der Waals surface area contributed by atoms with E-state index in [-0.39, 0.29) is 0 Å². The number of benzene rings is 1. The molecule has 0 saturated heterocycles. The van der Waals surface area contributed by atoms with Gasteiger partial charge in [0.1, 0.15) is 16.4 Å². The molecule has 1 aromatic carbocycles. The molecule has 0 fully saturated rings. The summed E-state index contributed by atoms with van der Waals surface area (Å²) in [6.07, 6.45) is 0.965. The van der Waals surface area contributed by atoms with E-state index in [1.807, 2.05) is 17.5 Å². The van der Waals surface area contributed by atoms with Crippen LogP contribution < -0.4 is 4.74 Å². The number of hydrogen-bond acceptors (Lipinski definition) is 4. The maximum Gasteiger partial charge on any atom is 0.123 e. The summed E-state index contributed by atoms with van der Waals surface area (Å²) in [5.41, 5.74) is 2.18. The summed E-state index contributed by atoms with van der Waals surface area (Å²) >= 11 is 1.56.